The highest BCUT2D eigenvalue weighted by Crippen LogP contribution is 2.27. The topological polar surface area (TPSA) is 117 Å². The van der Waals surface area contributed by atoms with Gasteiger partial charge in [0.05, 0.1) is 12.0 Å². The average molecular weight is 488 g/mol. The number of carbonyl (C=O) groups excluding carboxylic acids is 1. The number of benzene rings is 2. The number of carbonyl (C=O) groups is 1. The van der Waals surface area contributed by atoms with Gasteiger partial charge in [-0.25, -0.2) is 18.7 Å². The zero-order chi connectivity index (χ0) is 25.4. The number of nitrogen functional groups attached to an aromatic ring is 1. The number of rotatable bonds is 5. The molecule has 0 aliphatic heterocycles. The molecule has 36 heavy (non-hydrogen) atoms. The Morgan fingerprint density at radius 2 is 1.81 bits per heavy atom. The third kappa shape index (κ3) is 4.25. The molecule has 2 aromatic carbocycles. The van der Waals surface area contributed by atoms with Crippen LogP contribution in [0.15, 0.2) is 78.0 Å². The van der Waals surface area contributed by atoms with Gasteiger partial charge in [0.15, 0.2) is 11.6 Å². The van der Waals surface area contributed by atoms with Crippen LogP contribution in [0.3, 0.4) is 0 Å². The minimum atomic E-state index is -0.765. The lowest BCUT2D eigenvalue weighted by Crippen LogP contribution is -2.29. The van der Waals surface area contributed by atoms with Crippen molar-refractivity contribution in [1.29, 1.82) is 0 Å². The first-order valence-electron chi connectivity index (χ1n) is 10.6. The Balaban J connectivity index is 1.47. The van der Waals surface area contributed by atoms with E-state index in [1.54, 1.807) is 11.6 Å². The van der Waals surface area contributed by atoms with E-state index in [-0.39, 0.29) is 22.8 Å². The standard InChI is InChI=1S/C25H18F2N6O3/c1-32-13-30-20-12-18(25(35)33(24(20)32)16-5-2-14(26)3-6-16)23(34)31-15-4-7-21(19(27)10-15)36-17-8-9-29-22(28)11-17/h2-13H,1H3,(H2,28,29)(H,31,34). The van der Waals surface area contributed by atoms with Gasteiger partial charge >= 0.3 is 0 Å². The van der Waals surface area contributed by atoms with Crippen LogP contribution in [0.4, 0.5) is 20.3 Å². The number of nitrogens with two attached hydrogens (primary N) is 1. The van der Waals surface area contributed by atoms with Crippen molar-refractivity contribution in [2.45, 2.75) is 0 Å². The molecule has 180 valence electrons. The predicted octanol–water partition coefficient (Wildman–Crippen LogP) is 4.02. The lowest BCUT2D eigenvalue weighted by atomic mass is 10.2. The van der Waals surface area contributed by atoms with Gasteiger partial charge in [-0.2, -0.15) is 0 Å². The van der Waals surface area contributed by atoms with Crippen LogP contribution in [-0.2, 0) is 7.05 Å². The number of aryl methyl sites for hydroxylation is 1. The van der Waals surface area contributed by atoms with Gasteiger partial charge < -0.3 is 20.4 Å². The maximum Gasteiger partial charge on any atom is 0.269 e. The number of imidazole rings is 1. The summed E-state index contributed by atoms with van der Waals surface area (Å²) in [6, 6.07) is 13.4. The first kappa shape index (κ1) is 22.7. The number of amides is 1. The predicted molar refractivity (Wildman–Crippen MR) is 129 cm³/mol. The number of fused-ring (bicyclic) bond motifs is 1. The molecule has 0 fully saturated rings. The molecule has 3 N–H and O–H groups in total. The van der Waals surface area contributed by atoms with Gasteiger partial charge in [-0.3, -0.25) is 14.2 Å². The molecule has 11 heteroatoms. The van der Waals surface area contributed by atoms with Crippen LogP contribution in [0.1, 0.15) is 10.4 Å². The van der Waals surface area contributed by atoms with Crippen LogP contribution >= 0.6 is 0 Å². The SMILES string of the molecule is Cn1cnc2cc(C(=O)Nc3ccc(Oc4ccnc(N)c4)c(F)c3)c(=O)n(-c3ccc(F)cc3)c21. The monoisotopic (exact) mass is 488 g/mol. The second kappa shape index (κ2) is 8.95. The van der Waals surface area contributed by atoms with Crippen LogP contribution in [-0.4, -0.2) is 25.0 Å². The molecule has 0 saturated heterocycles. The maximum absolute atomic E-state index is 14.7. The molecule has 0 radical (unpaired) electrons. The van der Waals surface area contributed by atoms with Gasteiger partial charge in [0.1, 0.15) is 34.1 Å². The Labute approximate surface area is 202 Å². The highest BCUT2D eigenvalue weighted by atomic mass is 19.1. The Morgan fingerprint density at radius 3 is 2.53 bits per heavy atom. The molecule has 0 unspecified atom stereocenters. The molecular weight excluding hydrogens is 470 g/mol. The van der Waals surface area contributed by atoms with E-state index in [1.807, 2.05) is 0 Å². The number of nitrogens with zero attached hydrogens (tertiary/aromatic N) is 4. The fraction of sp³-hybridized carbons (Fsp3) is 0.0400. The molecule has 5 rings (SSSR count). The summed E-state index contributed by atoms with van der Waals surface area (Å²) >= 11 is 0. The third-order valence-electron chi connectivity index (χ3n) is 5.36. The summed E-state index contributed by atoms with van der Waals surface area (Å²) < 4.78 is 36.5. The minimum Gasteiger partial charge on any atom is -0.454 e. The van der Waals surface area contributed by atoms with E-state index in [9.17, 15) is 18.4 Å². The second-order valence-corrected chi connectivity index (χ2v) is 7.86. The number of halogens is 2. The van der Waals surface area contributed by atoms with E-state index in [1.165, 1.54) is 71.7 Å². The first-order chi connectivity index (χ1) is 17.3. The molecule has 3 aromatic heterocycles. The number of hydrogen-bond donors (Lipinski definition) is 2. The molecule has 9 nitrogen and oxygen atoms in total. The van der Waals surface area contributed by atoms with Gasteiger partial charge in [0, 0.05) is 31.1 Å². The van der Waals surface area contributed by atoms with Crippen molar-refractivity contribution in [2.24, 2.45) is 7.05 Å². The zero-order valence-corrected chi connectivity index (χ0v) is 18.8. The third-order valence-corrected chi connectivity index (χ3v) is 5.36. The molecular formula is C25H18F2N6O3. The van der Waals surface area contributed by atoms with E-state index in [4.69, 9.17) is 10.5 Å². The van der Waals surface area contributed by atoms with Crippen LogP contribution in [0.2, 0.25) is 0 Å². The molecule has 0 atom stereocenters. The molecule has 1 amide bonds. The van der Waals surface area contributed by atoms with Gasteiger partial charge in [-0.15, -0.1) is 0 Å². The van der Waals surface area contributed by atoms with Crippen molar-refractivity contribution in [2.75, 3.05) is 11.1 Å². The highest BCUT2D eigenvalue weighted by Gasteiger charge is 2.20. The lowest BCUT2D eigenvalue weighted by Gasteiger charge is -2.13. The summed E-state index contributed by atoms with van der Waals surface area (Å²) in [5, 5.41) is 2.53. The van der Waals surface area contributed by atoms with E-state index in [0.717, 1.165) is 6.07 Å². The molecule has 0 spiro atoms. The van der Waals surface area contributed by atoms with Crippen LogP contribution in [0.25, 0.3) is 16.9 Å². The van der Waals surface area contributed by atoms with Gasteiger partial charge in [-0.05, 0) is 48.5 Å². The van der Waals surface area contributed by atoms with Crippen LogP contribution in [0, 0.1) is 11.6 Å². The zero-order valence-electron chi connectivity index (χ0n) is 18.8. The maximum atomic E-state index is 14.7. The Morgan fingerprint density at radius 1 is 1.03 bits per heavy atom. The number of anilines is 2. The van der Waals surface area contributed by atoms with E-state index < -0.39 is 23.1 Å². The first-order valence-corrected chi connectivity index (χ1v) is 10.6. The molecule has 5 aromatic rings. The minimum absolute atomic E-state index is 0.0906. The lowest BCUT2D eigenvalue weighted by molar-refractivity contribution is 0.102. The fourth-order valence-electron chi connectivity index (χ4n) is 3.70. The summed E-state index contributed by atoms with van der Waals surface area (Å²) in [6.45, 7) is 0. The van der Waals surface area contributed by atoms with Crippen molar-refractivity contribution >= 4 is 28.6 Å². The number of nitrogens with one attached hydrogen (secondary N) is 1. The summed E-state index contributed by atoms with van der Waals surface area (Å²) in [4.78, 5) is 34.5. The Bertz CT molecular complexity index is 1680. The van der Waals surface area contributed by atoms with Crippen LogP contribution in [0.5, 0.6) is 11.5 Å². The van der Waals surface area contributed by atoms with Crippen molar-refractivity contribution in [3.8, 4) is 17.2 Å². The number of aromatic nitrogens is 4. The van der Waals surface area contributed by atoms with Gasteiger partial charge in [-0.1, -0.05) is 0 Å². The summed E-state index contributed by atoms with van der Waals surface area (Å²) in [7, 11) is 1.70. The highest BCUT2D eigenvalue weighted by molar-refractivity contribution is 6.05. The smallest absolute Gasteiger partial charge is 0.269 e. The molecule has 0 saturated carbocycles. The van der Waals surface area contributed by atoms with Crippen molar-refractivity contribution in [1.82, 2.24) is 19.1 Å². The van der Waals surface area contributed by atoms with E-state index in [2.05, 4.69) is 15.3 Å². The second-order valence-electron chi connectivity index (χ2n) is 7.86. The van der Waals surface area contributed by atoms with Gasteiger partial charge in [0.25, 0.3) is 11.5 Å². The molecule has 3 heterocycles. The van der Waals surface area contributed by atoms with Crippen molar-refractivity contribution < 1.29 is 18.3 Å². The number of hydrogen-bond acceptors (Lipinski definition) is 6. The van der Waals surface area contributed by atoms with E-state index in [0.29, 0.717) is 22.6 Å². The molecule has 0 aliphatic rings. The van der Waals surface area contributed by atoms with Crippen LogP contribution < -0.4 is 21.3 Å². The van der Waals surface area contributed by atoms with Crippen molar-refractivity contribution in [3.05, 3.63) is 101 Å². The fourth-order valence-corrected chi connectivity index (χ4v) is 3.70. The quantitative estimate of drug-likeness (QED) is 0.386. The average Bonchev–Trinajstić information content (AvgIpc) is 3.21. The molecule has 0 bridgehead atoms. The summed E-state index contributed by atoms with van der Waals surface area (Å²) in [6.07, 6.45) is 2.92. The summed E-state index contributed by atoms with van der Waals surface area (Å²) in [5.41, 5.74) is 5.99. The Hall–Kier alpha value is -5.06. The largest absolute Gasteiger partial charge is 0.454 e. The Kier molecular flexibility index (Phi) is 5.65. The molecule has 0 aliphatic carbocycles. The number of pyridine rings is 2. The van der Waals surface area contributed by atoms with Gasteiger partial charge in [0.2, 0.25) is 0 Å². The summed E-state index contributed by atoms with van der Waals surface area (Å²) in [5.74, 6) is -1.56. The van der Waals surface area contributed by atoms with Crippen molar-refractivity contribution in [3.63, 3.8) is 0 Å². The van der Waals surface area contributed by atoms with E-state index >= 15 is 0 Å². The normalized spacial score (nSPS) is 11.0. The number of ether oxygens (including phenoxy) is 1.